The Hall–Kier alpha value is -9.33. The minimum absolute atomic E-state index is 0.863. The molecule has 0 amide bonds. The Balaban J connectivity index is 0.894. The molecule has 0 fully saturated rings. The molecule has 0 radical (unpaired) electrons. The third-order valence-electron chi connectivity index (χ3n) is 12.7. The molecule has 0 bridgehead atoms. The Labute approximate surface area is 409 Å². The SMILES string of the molecule is C/C=C1/C=CC=C/C1=N/N(C)c1ccc(N(c2ccc(-c3ccccc3)cc2)c2ccc(-c3ccc(N(c4ccc(-c5ccccc5)cc4)c4ccc(-n5nc6ccccc6n5)cc4)cc3)cc2)cc1. The van der Waals surface area contributed by atoms with Crippen LogP contribution in [0.25, 0.3) is 50.1 Å². The van der Waals surface area contributed by atoms with Gasteiger partial charge in [0.1, 0.15) is 11.0 Å². The highest BCUT2D eigenvalue weighted by Gasteiger charge is 2.17. The van der Waals surface area contributed by atoms with Gasteiger partial charge in [0.05, 0.1) is 17.1 Å². The second-order valence-corrected chi connectivity index (χ2v) is 17.1. The summed E-state index contributed by atoms with van der Waals surface area (Å²) >= 11 is 0. The maximum atomic E-state index is 4.93. The van der Waals surface area contributed by atoms with Crippen LogP contribution in [-0.2, 0) is 0 Å². The molecule has 7 nitrogen and oxygen atoms in total. The molecule has 0 saturated heterocycles. The van der Waals surface area contributed by atoms with E-state index in [1.807, 2.05) is 67.5 Å². The number of hydrogen-bond acceptors (Lipinski definition) is 6. The number of rotatable bonds is 12. The second-order valence-electron chi connectivity index (χ2n) is 17.1. The van der Waals surface area contributed by atoms with E-state index in [0.717, 1.165) is 78.9 Å². The molecule has 0 N–H and O–H groups in total. The van der Waals surface area contributed by atoms with Gasteiger partial charge in [-0.3, -0.25) is 5.01 Å². The Bertz CT molecular complexity index is 3470. The van der Waals surface area contributed by atoms with Gasteiger partial charge < -0.3 is 9.80 Å². The van der Waals surface area contributed by atoms with E-state index >= 15 is 0 Å². The van der Waals surface area contributed by atoms with Gasteiger partial charge in [-0.1, -0.05) is 146 Å². The Morgan fingerprint density at radius 3 is 1.10 bits per heavy atom. The summed E-state index contributed by atoms with van der Waals surface area (Å²) in [6, 6.07) is 81.2. The number of fused-ring (bicyclic) bond motifs is 1. The first-order valence-electron chi connectivity index (χ1n) is 23.5. The number of hydrazone groups is 1. The van der Waals surface area contributed by atoms with Crippen molar-refractivity contribution in [1.29, 1.82) is 0 Å². The first-order chi connectivity index (χ1) is 34.5. The largest absolute Gasteiger partial charge is 0.311 e. The lowest BCUT2D eigenvalue weighted by atomic mass is 10.0. The summed E-state index contributed by atoms with van der Waals surface area (Å²) in [4.78, 5) is 6.30. The van der Waals surface area contributed by atoms with Crippen LogP contribution in [0.4, 0.5) is 39.8 Å². The normalized spacial score (nSPS) is 13.2. The third kappa shape index (κ3) is 9.07. The zero-order valence-electron chi connectivity index (χ0n) is 39.0. The molecular weight excluding hydrogens is 855 g/mol. The van der Waals surface area contributed by atoms with E-state index in [1.165, 1.54) is 22.3 Å². The van der Waals surface area contributed by atoms with Gasteiger partial charge in [-0.25, -0.2) is 0 Å². The lowest BCUT2D eigenvalue weighted by Crippen LogP contribution is -2.14. The molecule has 1 heterocycles. The van der Waals surface area contributed by atoms with Crippen molar-refractivity contribution in [2.45, 2.75) is 6.92 Å². The lowest BCUT2D eigenvalue weighted by Gasteiger charge is -2.27. The number of benzene rings is 9. The molecule has 336 valence electrons. The average Bonchev–Trinajstić information content (AvgIpc) is 3.88. The van der Waals surface area contributed by atoms with Crippen LogP contribution in [0.5, 0.6) is 0 Å². The van der Waals surface area contributed by atoms with Crippen LogP contribution in [0.1, 0.15) is 6.92 Å². The predicted octanol–water partition coefficient (Wildman–Crippen LogP) is 16.2. The van der Waals surface area contributed by atoms with E-state index in [9.17, 15) is 0 Å². The zero-order chi connectivity index (χ0) is 47.2. The van der Waals surface area contributed by atoms with Crippen LogP contribution in [0, 0.1) is 0 Å². The number of hydrogen-bond donors (Lipinski definition) is 0. The van der Waals surface area contributed by atoms with Crippen molar-refractivity contribution in [1.82, 2.24) is 15.0 Å². The van der Waals surface area contributed by atoms with Gasteiger partial charge in [-0.2, -0.15) is 9.90 Å². The Morgan fingerprint density at radius 2 is 0.700 bits per heavy atom. The van der Waals surface area contributed by atoms with Crippen molar-refractivity contribution in [3.63, 3.8) is 0 Å². The Morgan fingerprint density at radius 1 is 0.371 bits per heavy atom. The predicted molar refractivity (Wildman–Crippen MR) is 292 cm³/mol. The van der Waals surface area contributed by atoms with E-state index in [1.54, 1.807) is 4.80 Å². The average molecular weight is 904 g/mol. The van der Waals surface area contributed by atoms with Crippen LogP contribution < -0.4 is 14.8 Å². The summed E-state index contributed by atoms with van der Waals surface area (Å²) in [7, 11) is 1.99. The summed E-state index contributed by atoms with van der Waals surface area (Å²) in [5, 5.41) is 16.3. The van der Waals surface area contributed by atoms with E-state index in [-0.39, 0.29) is 0 Å². The summed E-state index contributed by atoms with van der Waals surface area (Å²) in [6.07, 6.45) is 10.3. The number of allylic oxidation sites excluding steroid dienone is 6. The number of anilines is 7. The van der Waals surface area contributed by atoms with E-state index in [2.05, 4.69) is 222 Å². The topological polar surface area (TPSA) is 52.8 Å². The van der Waals surface area contributed by atoms with Crippen LogP contribution >= 0.6 is 0 Å². The van der Waals surface area contributed by atoms with Crippen LogP contribution in [-0.4, -0.2) is 27.8 Å². The van der Waals surface area contributed by atoms with Crippen molar-refractivity contribution in [3.8, 4) is 39.1 Å². The molecule has 0 unspecified atom stereocenters. The fourth-order valence-corrected chi connectivity index (χ4v) is 8.94. The van der Waals surface area contributed by atoms with Gasteiger partial charge in [0.25, 0.3) is 0 Å². The van der Waals surface area contributed by atoms with Gasteiger partial charge in [-0.15, -0.1) is 10.2 Å². The summed E-state index contributed by atoms with van der Waals surface area (Å²) in [5.41, 5.74) is 18.9. The van der Waals surface area contributed by atoms with Gasteiger partial charge >= 0.3 is 0 Å². The molecule has 11 rings (SSSR count). The van der Waals surface area contributed by atoms with Crippen molar-refractivity contribution >= 4 is 56.6 Å². The van der Waals surface area contributed by atoms with Gasteiger partial charge in [0.15, 0.2) is 0 Å². The zero-order valence-corrected chi connectivity index (χ0v) is 39.0. The monoisotopic (exact) mass is 903 g/mol. The molecule has 7 heteroatoms. The van der Waals surface area contributed by atoms with E-state index < -0.39 is 0 Å². The molecule has 0 saturated carbocycles. The molecule has 1 aromatic heterocycles. The first kappa shape index (κ1) is 43.3. The molecular formula is C63H49N7. The van der Waals surface area contributed by atoms with Crippen molar-refractivity contribution in [2.75, 3.05) is 21.9 Å². The van der Waals surface area contributed by atoms with E-state index in [0.29, 0.717) is 0 Å². The highest BCUT2D eigenvalue weighted by molar-refractivity contribution is 6.11. The molecule has 0 atom stereocenters. The summed E-state index contributed by atoms with van der Waals surface area (Å²) < 4.78 is 0. The van der Waals surface area contributed by atoms with Crippen LogP contribution in [0.2, 0.25) is 0 Å². The Kier molecular flexibility index (Phi) is 12.0. The van der Waals surface area contributed by atoms with Crippen LogP contribution in [0.3, 0.4) is 0 Å². The summed E-state index contributed by atoms with van der Waals surface area (Å²) in [5.74, 6) is 0. The molecule has 1 aliphatic carbocycles. The maximum Gasteiger partial charge on any atom is 0.113 e. The highest BCUT2D eigenvalue weighted by atomic mass is 15.5. The van der Waals surface area contributed by atoms with Crippen molar-refractivity contribution < 1.29 is 0 Å². The van der Waals surface area contributed by atoms with Crippen molar-refractivity contribution in [2.24, 2.45) is 5.10 Å². The minimum atomic E-state index is 0.863. The lowest BCUT2D eigenvalue weighted by molar-refractivity contribution is 0.766. The highest BCUT2D eigenvalue weighted by Crippen LogP contribution is 2.40. The quantitative estimate of drug-likeness (QED) is 0.114. The molecule has 0 aliphatic heterocycles. The van der Waals surface area contributed by atoms with Gasteiger partial charge in [0, 0.05) is 41.2 Å². The van der Waals surface area contributed by atoms with Crippen molar-refractivity contribution in [3.05, 3.63) is 266 Å². The first-order valence-corrected chi connectivity index (χ1v) is 23.5. The fraction of sp³-hybridized carbons (Fsp3) is 0.0317. The van der Waals surface area contributed by atoms with E-state index in [4.69, 9.17) is 15.3 Å². The number of aromatic nitrogens is 3. The summed E-state index contributed by atoms with van der Waals surface area (Å²) in [6.45, 7) is 2.04. The molecule has 9 aromatic carbocycles. The van der Waals surface area contributed by atoms with Gasteiger partial charge in [-0.05, 0) is 161 Å². The molecule has 10 aromatic rings. The standard InChI is InChI=1S/C63H49N7/c1-3-46-14-10-11-19-61(46)64-67(2)53-38-40-58(41-39-53)68(54-30-22-49(23-31-54)47-15-6-4-7-16-47)56-34-26-51(27-35-56)52-28-36-57(37-29-52)69(55-32-24-50(25-33-55)48-17-8-5-9-18-48)59-42-44-60(45-43-59)70-65-62-20-12-13-21-63(62)66-70/h3-45H,1-2H3/b46-3-,64-61-. The molecule has 1 aliphatic rings. The van der Waals surface area contributed by atoms with Gasteiger partial charge in [0.2, 0.25) is 0 Å². The van der Waals surface area contributed by atoms with Crippen LogP contribution in [0.15, 0.2) is 272 Å². The molecule has 0 spiro atoms. The smallest absolute Gasteiger partial charge is 0.113 e. The maximum absolute atomic E-state index is 4.93. The second kappa shape index (κ2) is 19.5. The molecule has 70 heavy (non-hydrogen) atoms. The fourth-order valence-electron chi connectivity index (χ4n) is 8.94. The third-order valence-corrected chi connectivity index (χ3v) is 12.7. The minimum Gasteiger partial charge on any atom is -0.311 e. The number of nitrogens with zero attached hydrogens (tertiary/aromatic N) is 7.